The number of aromatic nitrogens is 1. The van der Waals surface area contributed by atoms with E-state index in [9.17, 15) is 15.4 Å². The number of rotatable bonds is 4. The molecule has 0 N–H and O–H groups in total. The van der Waals surface area contributed by atoms with Gasteiger partial charge in [-0.1, -0.05) is 0 Å². The van der Waals surface area contributed by atoms with Crippen molar-refractivity contribution in [2.45, 2.75) is 43.9 Å². The van der Waals surface area contributed by atoms with Crippen molar-refractivity contribution in [3.8, 4) is 6.07 Å². The standard InChI is InChI=1S/C22H21N3O2S/c23-12-18(8-14-1-3-19(4-2-14)25(26)27)21-24-20(13-28-21)22-9-15-5-16(10-22)7-17(6-15)11-22/h1-4,8,13,15-17H,5-7,9-11H2/b18-8+. The van der Waals surface area contributed by atoms with Gasteiger partial charge in [0.05, 0.1) is 16.2 Å². The molecule has 4 aliphatic carbocycles. The van der Waals surface area contributed by atoms with Crippen LogP contribution in [0.3, 0.4) is 0 Å². The number of thiazole rings is 1. The van der Waals surface area contributed by atoms with Gasteiger partial charge in [0.2, 0.25) is 0 Å². The normalized spacial score (nSPS) is 31.0. The van der Waals surface area contributed by atoms with Crippen LogP contribution in [0.2, 0.25) is 0 Å². The molecule has 1 aromatic carbocycles. The molecule has 142 valence electrons. The lowest BCUT2D eigenvalue weighted by Gasteiger charge is -2.56. The van der Waals surface area contributed by atoms with E-state index < -0.39 is 4.92 Å². The van der Waals surface area contributed by atoms with Gasteiger partial charge in [-0.05, 0) is 80.1 Å². The Morgan fingerprint density at radius 2 is 1.79 bits per heavy atom. The summed E-state index contributed by atoms with van der Waals surface area (Å²) in [6.07, 6.45) is 9.76. The van der Waals surface area contributed by atoms with E-state index in [1.54, 1.807) is 29.5 Å². The second kappa shape index (κ2) is 6.52. The molecule has 4 saturated carbocycles. The smallest absolute Gasteiger partial charge is 0.258 e. The molecule has 1 aromatic heterocycles. The van der Waals surface area contributed by atoms with Gasteiger partial charge in [0, 0.05) is 22.9 Å². The highest BCUT2D eigenvalue weighted by Crippen LogP contribution is 2.60. The Bertz CT molecular complexity index is 964. The number of allylic oxidation sites excluding steroid dienone is 1. The van der Waals surface area contributed by atoms with Crippen molar-refractivity contribution in [3.63, 3.8) is 0 Å². The molecule has 0 aliphatic heterocycles. The number of nitriles is 1. The first-order chi connectivity index (χ1) is 13.5. The lowest BCUT2D eigenvalue weighted by molar-refractivity contribution is -0.384. The van der Waals surface area contributed by atoms with E-state index in [0.29, 0.717) is 5.57 Å². The van der Waals surface area contributed by atoms with Crippen LogP contribution in [0.25, 0.3) is 11.6 Å². The van der Waals surface area contributed by atoms with Crippen LogP contribution >= 0.6 is 11.3 Å². The highest BCUT2D eigenvalue weighted by molar-refractivity contribution is 7.11. The van der Waals surface area contributed by atoms with Crippen molar-refractivity contribution in [3.05, 3.63) is 56.0 Å². The monoisotopic (exact) mass is 391 g/mol. The number of nitrogens with zero attached hydrogens (tertiary/aromatic N) is 3. The van der Waals surface area contributed by atoms with Crippen LogP contribution in [-0.2, 0) is 5.41 Å². The third-order valence-electron chi connectivity index (χ3n) is 6.85. The minimum Gasteiger partial charge on any atom is -0.258 e. The quantitative estimate of drug-likeness (QED) is 0.387. The lowest BCUT2D eigenvalue weighted by Crippen LogP contribution is -2.48. The van der Waals surface area contributed by atoms with Crippen molar-refractivity contribution >= 4 is 28.7 Å². The summed E-state index contributed by atoms with van der Waals surface area (Å²) in [5.41, 5.74) is 2.77. The molecule has 5 nitrogen and oxygen atoms in total. The predicted octanol–water partition coefficient (Wildman–Crippen LogP) is 5.58. The van der Waals surface area contributed by atoms with Gasteiger partial charge in [-0.3, -0.25) is 10.1 Å². The van der Waals surface area contributed by atoms with Crippen molar-refractivity contribution in [1.82, 2.24) is 4.98 Å². The number of nitro benzene ring substituents is 1. The molecule has 0 radical (unpaired) electrons. The number of nitro groups is 1. The molecule has 4 aliphatic rings. The van der Waals surface area contributed by atoms with Crippen molar-refractivity contribution in [2.75, 3.05) is 0 Å². The molecule has 6 heteroatoms. The fourth-order valence-electron chi connectivity index (χ4n) is 6.07. The molecular weight excluding hydrogens is 370 g/mol. The van der Waals surface area contributed by atoms with Gasteiger partial charge in [-0.2, -0.15) is 5.26 Å². The molecule has 0 saturated heterocycles. The first-order valence-electron chi connectivity index (χ1n) is 9.87. The number of non-ortho nitro benzene ring substituents is 1. The zero-order valence-corrected chi connectivity index (χ0v) is 16.3. The molecule has 4 bridgehead atoms. The highest BCUT2D eigenvalue weighted by Gasteiger charge is 2.52. The Balaban J connectivity index is 1.43. The highest BCUT2D eigenvalue weighted by atomic mass is 32.1. The van der Waals surface area contributed by atoms with E-state index in [2.05, 4.69) is 11.4 Å². The first-order valence-corrected chi connectivity index (χ1v) is 10.8. The molecule has 0 amide bonds. The van der Waals surface area contributed by atoms with Gasteiger partial charge in [0.1, 0.15) is 11.1 Å². The average Bonchev–Trinajstić information content (AvgIpc) is 3.16. The fourth-order valence-corrected chi connectivity index (χ4v) is 6.97. The predicted molar refractivity (Wildman–Crippen MR) is 109 cm³/mol. The van der Waals surface area contributed by atoms with Crippen LogP contribution in [0.15, 0.2) is 29.6 Å². The summed E-state index contributed by atoms with van der Waals surface area (Å²) in [5.74, 6) is 2.59. The Labute approximate surface area is 167 Å². The molecule has 0 spiro atoms. The first kappa shape index (κ1) is 17.6. The zero-order chi connectivity index (χ0) is 19.3. The number of benzene rings is 1. The largest absolute Gasteiger partial charge is 0.269 e. The van der Waals surface area contributed by atoms with Gasteiger partial charge in [-0.25, -0.2) is 4.98 Å². The van der Waals surface area contributed by atoms with Crippen molar-refractivity contribution < 1.29 is 4.92 Å². The van der Waals surface area contributed by atoms with Crippen molar-refractivity contribution in [1.29, 1.82) is 5.26 Å². The van der Waals surface area contributed by atoms with Gasteiger partial charge in [-0.15, -0.1) is 11.3 Å². The Hall–Kier alpha value is -2.52. The zero-order valence-electron chi connectivity index (χ0n) is 15.5. The minimum atomic E-state index is -0.419. The number of hydrogen-bond acceptors (Lipinski definition) is 5. The second-order valence-corrected chi connectivity index (χ2v) is 9.61. The average molecular weight is 391 g/mol. The third kappa shape index (κ3) is 2.94. The summed E-state index contributed by atoms with van der Waals surface area (Å²) in [7, 11) is 0. The van der Waals surface area contributed by atoms with E-state index in [0.717, 1.165) is 28.3 Å². The second-order valence-electron chi connectivity index (χ2n) is 8.75. The summed E-state index contributed by atoms with van der Waals surface area (Å²) in [6.45, 7) is 0. The summed E-state index contributed by atoms with van der Waals surface area (Å²) >= 11 is 1.55. The molecule has 28 heavy (non-hydrogen) atoms. The van der Waals surface area contributed by atoms with Gasteiger partial charge < -0.3 is 0 Å². The maximum atomic E-state index is 10.8. The number of hydrogen-bond donors (Lipinski definition) is 0. The van der Waals surface area contributed by atoms with E-state index >= 15 is 0 Å². The lowest BCUT2D eigenvalue weighted by atomic mass is 9.49. The minimum absolute atomic E-state index is 0.0500. The summed E-state index contributed by atoms with van der Waals surface area (Å²) in [5, 5.41) is 23.4. The summed E-state index contributed by atoms with van der Waals surface area (Å²) < 4.78 is 0. The summed E-state index contributed by atoms with van der Waals surface area (Å²) in [6, 6.07) is 8.53. The Kier molecular flexibility index (Phi) is 4.09. The van der Waals surface area contributed by atoms with E-state index in [1.165, 1.54) is 56.4 Å². The molecular formula is C22H21N3O2S. The Morgan fingerprint density at radius 3 is 2.32 bits per heavy atom. The maximum absolute atomic E-state index is 10.8. The van der Waals surface area contributed by atoms with Crippen molar-refractivity contribution in [2.24, 2.45) is 17.8 Å². The Morgan fingerprint density at radius 1 is 1.18 bits per heavy atom. The molecule has 0 atom stereocenters. The molecule has 0 unspecified atom stereocenters. The van der Waals surface area contributed by atoms with Crippen LogP contribution in [-0.4, -0.2) is 9.91 Å². The van der Waals surface area contributed by atoms with Gasteiger partial charge in [0.25, 0.3) is 5.69 Å². The van der Waals surface area contributed by atoms with Crippen LogP contribution in [0.4, 0.5) is 5.69 Å². The van der Waals surface area contributed by atoms with E-state index in [4.69, 9.17) is 4.98 Å². The molecule has 2 aromatic rings. The maximum Gasteiger partial charge on any atom is 0.269 e. The van der Waals surface area contributed by atoms with Gasteiger partial charge in [0.15, 0.2) is 0 Å². The van der Waals surface area contributed by atoms with Crippen LogP contribution in [0, 0.1) is 39.2 Å². The topological polar surface area (TPSA) is 79.8 Å². The third-order valence-corrected chi connectivity index (χ3v) is 7.73. The molecule has 1 heterocycles. The molecule has 4 fully saturated rings. The van der Waals surface area contributed by atoms with Crippen LogP contribution < -0.4 is 0 Å². The van der Waals surface area contributed by atoms with Gasteiger partial charge >= 0.3 is 0 Å². The van der Waals surface area contributed by atoms with E-state index in [1.807, 2.05) is 0 Å². The SMILES string of the molecule is N#C/C(=C\c1ccc([N+](=O)[O-])cc1)c1nc(C23CC4CC(CC(C4)C2)C3)cs1. The fraction of sp³-hybridized carbons (Fsp3) is 0.455. The molecule has 6 rings (SSSR count). The van der Waals surface area contributed by atoms with E-state index in [-0.39, 0.29) is 11.1 Å². The summed E-state index contributed by atoms with van der Waals surface area (Å²) in [4.78, 5) is 15.3. The van der Waals surface area contributed by atoms with Crippen LogP contribution in [0.5, 0.6) is 0 Å². The van der Waals surface area contributed by atoms with Crippen LogP contribution in [0.1, 0.15) is 54.8 Å².